The molecule has 3 aromatic carbocycles. The smallest absolute Gasteiger partial charge is 0.0654 e. The van der Waals surface area contributed by atoms with Gasteiger partial charge in [0, 0.05) is 5.92 Å². The van der Waals surface area contributed by atoms with Gasteiger partial charge in [0.05, 0.1) is 10.2 Å². The number of aryl methyl sites for hydroxylation is 1. The van der Waals surface area contributed by atoms with Gasteiger partial charge in [0.2, 0.25) is 0 Å². The molecule has 0 saturated heterocycles. The number of rotatable bonds is 4. The molecule has 0 saturated carbocycles. The van der Waals surface area contributed by atoms with E-state index in [0.717, 1.165) is 0 Å². The molecule has 0 nitrogen and oxygen atoms in total. The predicted molar refractivity (Wildman–Crippen MR) is 109 cm³/mol. The van der Waals surface area contributed by atoms with Crippen LogP contribution in [0.15, 0.2) is 60.7 Å². The number of hydrogen-bond donors (Lipinski definition) is 0. The van der Waals surface area contributed by atoms with Gasteiger partial charge >= 0.3 is 0 Å². The molecule has 3 aromatic rings. The van der Waals surface area contributed by atoms with Crippen LogP contribution in [0.5, 0.6) is 0 Å². The predicted octanol–water partition coefficient (Wildman–Crippen LogP) is 5.76. The lowest BCUT2D eigenvalue weighted by atomic mass is 9.88. The minimum absolute atomic E-state index is 0.502. The third-order valence-electron chi connectivity index (χ3n) is 5.45. The van der Waals surface area contributed by atoms with E-state index in [1.165, 1.54) is 63.4 Å². The summed E-state index contributed by atoms with van der Waals surface area (Å²) in [4.78, 5) is 0. The van der Waals surface area contributed by atoms with Crippen LogP contribution in [0.3, 0.4) is 0 Å². The van der Waals surface area contributed by atoms with E-state index in [2.05, 4.69) is 84.8 Å². The van der Waals surface area contributed by atoms with Crippen molar-refractivity contribution < 1.29 is 0 Å². The molecule has 123 valence electrons. The highest BCUT2D eigenvalue weighted by Crippen LogP contribution is 2.47. The van der Waals surface area contributed by atoms with E-state index in [0.29, 0.717) is 5.92 Å². The second kappa shape index (κ2) is 6.65. The lowest BCUT2D eigenvalue weighted by Crippen LogP contribution is -2.18. The van der Waals surface area contributed by atoms with Gasteiger partial charge in [0.15, 0.2) is 0 Å². The molecule has 0 spiro atoms. The van der Waals surface area contributed by atoms with Crippen molar-refractivity contribution in [2.45, 2.75) is 39.0 Å². The number of fused-ring (bicyclic) bond motifs is 3. The fourth-order valence-corrected chi connectivity index (χ4v) is 4.95. The molecule has 0 heterocycles. The van der Waals surface area contributed by atoms with E-state index in [1.807, 2.05) is 0 Å². The Bertz CT molecular complexity index is 909. The standard InChI is InChI=1S/C24H23Si/c1-3-4-12-20-18-13-8-9-14-19(18)21-15-16(2)22(24(25)23(20)21)17-10-6-5-7-11-17/h5-11,13-15,20H,3-4,12H2,1-2H3. The topological polar surface area (TPSA) is 0 Å². The zero-order valence-electron chi connectivity index (χ0n) is 15.0. The van der Waals surface area contributed by atoms with E-state index < -0.39 is 0 Å². The Kier molecular flexibility index (Phi) is 4.35. The van der Waals surface area contributed by atoms with Crippen LogP contribution in [0.4, 0.5) is 0 Å². The van der Waals surface area contributed by atoms with E-state index in [1.54, 1.807) is 0 Å². The minimum Gasteiger partial charge on any atom is -0.0654 e. The van der Waals surface area contributed by atoms with Crippen molar-refractivity contribution in [3.8, 4) is 22.3 Å². The first-order valence-electron chi connectivity index (χ1n) is 9.26. The zero-order valence-corrected chi connectivity index (χ0v) is 16.0. The molecule has 0 aliphatic heterocycles. The fraction of sp³-hybridized carbons (Fsp3) is 0.250. The van der Waals surface area contributed by atoms with Crippen molar-refractivity contribution in [2.24, 2.45) is 0 Å². The van der Waals surface area contributed by atoms with Gasteiger partial charge in [0.25, 0.3) is 0 Å². The normalized spacial score (nSPS) is 15.1. The van der Waals surface area contributed by atoms with Crippen molar-refractivity contribution in [1.29, 1.82) is 0 Å². The Hall–Kier alpha value is -2.12. The van der Waals surface area contributed by atoms with Gasteiger partial charge in [-0.05, 0) is 52.3 Å². The van der Waals surface area contributed by atoms with Gasteiger partial charge < -0.3 is 0 Å². The maximum Gasteiger partial charge on any atom is 0.0725 e. The summed E-state index contributed by atoms with van der Waals surface area (Å²) in [5.41, 5.74) is 9.77. The van der Waals surface area contributed by atoms with Crippen LogP contribution in [0.2, 0.25) is 0 Å². The second-order valence-corrected chi connectivity index (χ2v) is 7.55. The van der Waals surface area contributed by atoms with Gasteiger partial charge in [-0.3, -0.25) is 0 Å². The van der Waals surface area contributed by atoms with Crippen molar-refractivity contribution in [3.63, 3.8) is 0 Å². The van der Waals surface area contributed by atoms with Gasteiger partial charge in [-0.25, -0.2) is 0 Å². The fourth-order valence-electron chi connectivity index (χ4n) is 4.30. The SMILES string of the molecule is CCCCC1c2ccccc2-c2cc(C)c(-c3ccccc3)c([Si])c21. The van der Waals surface area contributed by atoms with Crippen LogP contribution in [0.25, 0.3) is 22.3 Å². The van der Waals surface area contributed by atoms with Crippen LogP contribution in [0.1, 0.15) is 48.8 Å². The van der Waals surface area contributed by atoms with Crippen LogP contribution in [0, 0.1) is 6.92 Å². The molecule has 1 atom stereocenters. The first-order valence-corrected chi connectivity index (χ1v) is 9.76. The molecule has 1 heteroatoms. The van der Waals surface area contributed by atoms with Crippen LogP contribution < -0.4 is 5.19 Å². The number of unbranched alkanes of at least 4 members (excludes halogenated alkanes) is 1. The molecule has 0 amide bonds. The molecule has 1 aliphatic rings. The largest absolute Gasteiger partial charge is 0.0725 e. The van der Waals surface area contributed by atoms with Gasteiger partial charge in [-0.15, -0.1) is 0 Å². The highest BCUT2D eigenvalue weighted by Gasteiger charge is 2.31. The molecule has 0 fully saturated rings. The Morgan fingerprint density at radius 1 is 0.920 bits per heavy atom. The average molecular weight is 340 g/mol. The molecule has 0 N–H and O–H groups in total. The molecule has 4 rings (SSSR count). The summed E-state index contributed by atoms with van der Waals surface area (Å²) in [6, 6.07) is 22.1. The van der Waals surface area contributed by atoms with Gasteiger partial charge in [-0.1, -0.05) is 85.6 Å². The summed E-state index contributed by atoms with van der Waals surface area (Å²) in [6.45, 7) is 4.51. The van der Waals surface area contributed by atoms with Crippen LogP contribution >= 0.6 is 0 Å². The first-order chi connectivity index (χ1) is 12.2. The highest BCUT2D eigenvalue weighted by atomic mass is 28.1. The van der Waals surface area contributed by atoms with Gasteiger partial charge in [0.1, 0.15) is 0 Å². The van der Waals surface area contributed by atoms with Crippen molar-refractivity contribution in [3.05, 3.63) is 77.4 Å². The average Bonchev–Trinajstić information content (AvgIpc) is 2.95. The molecule has 1 aliphatic carbocycles. The summed E-state index contributed by atoms with van der Waals surface area (Å²) < 4.78 is 0. The number of hydrogen-bond acceptors (Lipinski definition) is 0. The highest BCUT2D eigenvalue weighted by molar-refractivity contribution is 6.38. The quantitative estimate of drug-likeness (QED) is 0.530. The van der Waals surface area contributed by atoms with E-state index in [-0.39, 0.29) is 0 Å². The minimum atomic E-state index is 0.502. The molecule has 1 unspecified atom stereocenters. The van der Waals surface area contributed by atoms with Crippen LogP contribution in [-0.4, -0.2) is 10.2 Å². The Morgan fingerprint density at radius 2 is 1.64 bits per heavy atom. The van der Waals surface area contributed by atoms with Crippen molar-refractivity contribution >= 4 is 15.4 Å². The summed E-state index contributed by atoms with van der Waals surface area (Å²) in [5.74, 6) is 0.502. The molecular formula is C24H23Si. The molecule has 3 radical (unpaired) electrons. The van der Waals surface area contributed by atoms with E-state index >= 15 is 0 Å². The monoisotopic (exact) mass is 339 g/mol. The maximum atomic E-state index is 4.07. The molecule has 0 aromatic heterocycles. The Balaban J connectivity index is 1.95. The lowest BCUT2D eigenvalue weighted by molar-refractivity contribution is 0.661. The lowest BCUT2D eigenvalue weighted by Gasteiger charge is -2.20. The molecular weight excluding hydrogens is 316 g/mol. The summed E-state index contributed by atoms with van der Waals surface area (Å²) >= 11 is 0. The Labute approximate surface area is 154 Å². The van der Waals surface area contributed by atoms with E-state index in [4.69, 9.17) is 0 Å². The van der Waals surface area contributed by atoms with Crippen LogP contribution in [-0.2, 0) is 0 Å². The maximum absolute atomic E-state index is 4.07. The summed E-state index contributed by atoms with van der Waals surface area (Å²) in [7, 11) is 4.07. The summed E-state index contributed by atoms with van der Waals surface area (Å²) in [5, 5.41) is 1.28. The third-order valence-corrected chi connectivity index (χ3v) is 5.97. The van der Waals surface area contributed by atoms with Crippen molar-refractivity contribution in [1.82, 2.24) is 0 Å². The zero-order chi connectivity index (χ0) is 17.4. The van der Waals surface area contributed by atoms with E-state index in [9.17, 15) is 0 Å². The van der Waals surface area contributed by atoms with Gasteiger partial charge in [-0.2, -0.15) is 0 Å². The molecule has 0 bridgehead atoms. The summed E-state index contributed by atoms with van der Waals surface area (Å²) in [6.07, 6.45) is 3.72. The number of benzene rings is 3. The second-order valence-electron chi connectivity index (χ2n) is 7.05. The first kappa shape index (κ1) is 16.4. The Morgan fingerprint density at radius 3 is 2.40 bits per heavy atom. The molecule has 25 heavy (non-hydrogen) atoms. The van der Waals surface area contributed by atoms with Crippen molar-refractivity contribution in [2.75, 3.05) is 0 Å². The third kappa shape index (κ3) is 2.67.